The lowest BCUT2D eigenvalue weighted by Gasteiger charge is -2.15. The van der Waals surface area contributed by atoms with E-state index in [1.807, 2.05) is 0 Å². The Hall–Kier alpha value is -1.95. The van der Waals surface area contributed by atoms with Gasteiger partial charge < -0.3 is 5.11 Å². The number of hydrogen-bond acceptors (Lipinski definition) is 3. The van der Waals surface area contributed by atoms with E-state index in [9.17, 15) is 18.3 Å². The third-order valence-electron chi connectivity index (χ3n) is 2.79. The fraction of sp³-hybridized carbons (Fsp3) is 0.231. The van der Waals surface area contributed by atoms with E-state index in [-0.39, 0.29) is 0 Å². The maximum Gasteiger partial charge on any atom is 0.416 e. The van der Waals surface area contributed by atoms with Crippen LogP contribution < -0.4 is 0 Å². The SMILES string of the molecule is Cc1cc(C(F)(F)F)ccc1C(O)c1cncnc1. The molecule has 0 amide bonds. The highest BCUT2D eigenvalue weighted by molar-refractivity contribution is 5.37. The van der Waals surface area contributed by atoms with E-state index in [1.165, 1.54) is 31.7 Å². The fourth-order valence-corrected chi connectivity index (χ4v) is 1.79. The van der Waals surface area contributed by atoms with Crippen LogP contribution in [0, 0.1) is 6.92 Å². The Morgan fingerprint density at radius 2 is 1.79 bits per heavy atom. The summed E-state index contributed by atoms with van der Waals surface area (Å²) in [4.78, 5) is 7.53. The topological polar surface area (TPSA) is 46.0 Å². The van der Waals surface area contributed by atoms with Crippen molar-refractivity contribution in [2.75, 3.05) is 0 Å². The molecule has 1 aromatic heterocycles. The van der Waals surface area contributed by atoms with Crippen molar-refractivity contribution >= 4 is 0 Å². The van der Waals surface area contributed by atoms with Gasteiger partial charge in [0.1, 0.15) is 12.4 Å². The Bertz CT molecular complexity index is 570. The number of aryl methyl sites for hydroxylation is 1. The van der Waals surface area contributed by atoms with Gasteiger partial charge in [-0.05, 0) is 30.2 Å². The fourth-order valence-electron chi connectivity index (χ4n) is 1.79. The number of aromatic nitrogens is 2. The van der Waals surface area contributed by atoms with Gasteiger partial charge in [0.05, 0.1) is 5.56 Å². The third-order valence-corrected chi connectivity index (χ3v) is 2.79. The summed E-state index contributed by atoms with van der Waals surface area (Å²) < 4.78 is 37.6. The minimum Gasteiger partial charge on any atom is -0.384 e. The van der Waals surface area contributed by atoms with E-state index >= 15 is 0 Å². The minimum absolute atomic E-state index is 0.367. The molecule has 0 radical (unpaired) electrons. The molecule has 19 heavy (non-hydrogen) atoms. The molecule has 1 atom stereocenters. The number of aliphatic hydroxyl groups is 1. The van der Waals surface area contributed by atoms with Crippen LogP contribution in [-0.2, 0) is 6.18 Å². The van der Waals surface area contributed by atoms with Crippen LogP contribution in [0.25, 0.3) is 0 Å². The van der Waals surface area contributed by atoms with Gasteiger partial charge in [-0.25, -0.2) is 9.97 Å². The zero-order valence-electron chi connectivity index (χ0n) is 10.0. The predicted octanol–water partition coefficient (Wildman–Crippen LogP) is 2.89. The summed E-state index contributed by atoms with van der Waals surface area (Å²) in [5.41, 5.74) is 0.476. The number of rotatable bonds is 2. The highest BCUT2D eigenvalue weighted by Crippen LogP contribution is 2.32. The zero-order chi connectivity index (χ0) is 14.0. The minimum atomic E-state index is -4.38. The quantitative estimate of drug-likeness (QED) is 0.911. The Balaban J connectivity index is 2.37. The number of aliphatic hydroxyl groups excluding tert-OH is 1. The van der Waals surface area contributed by atoms with Crippen molar-refractivity contribution in [3.63, 3.8) is 0 Å². The number of nitrogens with zero attached hydrogens (tertiary/aromatic N) is 2. The first-order valence-electron chi connectivity index (χ1n) is 5.50. The van der Waals surface area contributed by atoms with Crippen LogP contribution in [-0.4, -0.2) is 15.1 Å². The monoisotopic (exact) mass is 268 g/mol. The number of hydrogen-bond donors (Lipinski definition) is 1. The molecule has 1 aromatic carbocycles. The molecule has 0 aliphatic heterocycles. The molecule has 1 heterocycles. The van der Waals surface area contributed by atoms with Gasteiger partial charge in [-0.1, -0.05) is 6.07 Å². The molecule has 0 bridgehead atoms. The average Bonchev–Trinajstić information content (AvgIpc) is 2.38. The van der Waals surface area contributed by atoms with Crippen LogP contribution in [0.15, 0.2) is 36.9 Å². The first-order chi connectivity index (χ1) is 8.89. The first kappa shape index (κ1) is 13.5. The molecule has 6 heteroatoms. The number of benzene rings is 1. The molecule has 0 saturated carbocycles. The van der Waals surface area contributed by atoms with Crippen molar-refractivity contribution < 1.29 is 18.3 Å². The van der Waals surface area contributed by atoms with Gasteiger partial charge in [-0.3, -0.25) is 0 Å². The summed E-state index contributed by atoms with van der Waals surface area (Å²) in [6.07, 6.45) is -1.26. The summed E-state index contributed by atoms with van der Waals surface area (Å²) in [5, 5.41) is 10.1. The summed E-state index contributed by atoms with van der Waals surface area (Å²) in [5.74, 6) is 0. The first-order valence-corrected chi connectivity index (χ1v) is 5.50. The zero-order valence-corrected chi connectivity index (χ0v) is 10.0. The van der Waals surface area contributed by atoms with E-state index in [1.54, 1.807) is 0 Å². The second kappa shape index (κ2) is 4.97. The van der Waals surface area contributed by atoms with Crippen molar-refractivity contribution in [3.05, 3.63) is 59.2 Å². The molecular weight excluding hydrogens is 257 g/mol. The molecule has 3 nitrogen and oxygen atoms in total. The van der Waals surface area contributed by atoms with E-state index in [0.29, 0.717) is 16.7 Å². The van der Waals surface area contributed by atoms with Crippen molar-refractivity contribution in [1.29, 1.82) is 0 Å². The largest absolute Gasteiger partial charge is 0.416 e. The van der Waals surface area contributed by atoms with Crippen LogP contribution in [0.3, 0.4) is 0 Å². The number of alkyl halides is 3. The van der Waals surface area contributed by atoms with Gasteiger partial charge >= 0.3 is 6.18 Å². The van der Waals surface area contributed by atoms with Crippen LogP contribution in [0.1, 0.15) is 28.4 Å². The highest BCUT2D eigenvalue weighted by atomic mass is 19.4. The molecule has 0 aliphatic rings. The van der Waals surface area contributed by atoms with Crippen molar-refractivity contribution in [2.24, 2.45) is 0 Å². The third kappa shape index (κ3) is 2.90. The van der Waals surface area contributed by atoms with Crippen LogP contribution in [0.4, 0.5) is 13.2 Å². The van der Waals surface area contributed by atoms with Crippen LogP contribution in [0.2, 0.25) is 0 Å². The second-order valence-electron chi connectivity index (χ2n) is 4.14. The molecule has 1 N–H and O–H groups in total. The summed E-state index contributed by atoms with van der Waals surface area (Å²) in [6.45, 7) is 1.53. The maximum atomic E-state index is 12.5. The van der Waals surface area contributed by atoms with Crippen molar-refractivity contribution in [1.82, 2.24) is 9.97 Å². The van der Waals surface area contributed by atoms with Gasteiger partial charge in [-0.15, -0.1) is 0 Å². The highest BCUT2D eigenvalue weighted by Gasteiger charge is 2.31. The Morgan fingerprint density at radius 3 is 2.32 bits per heavy atom. The van der Waals surface area contributed by atoms with E-state index in [4.69, 9.17) is 0 Å². The van der Waals surface area contributed by atoms with Gasteiger partial charge in [0.15, 0.2) is 0 Å². The normalized spacial score (nSPS) is 13.3. The summed E-state index contributed by atoms with van der Waals surface area (Å²) >= 11 is 0. The lowest BCUT2D eigenvalue weighted by Crippen LogP contribution is -2.08. The lowest BCUT2D eigenvalue weighted by molar-refractivity contribution is -0.137. The second-order valence-corrected chi connectivity index (χ2v) is 4.14. The summed E-state index contributed by atoms with van der Waals surface area (Å²) in [7, 11) is 0. The maximum absolute atomic E-state index is 12.5. The van der Waals surface area contributed by atoms with E-state index in [0.717, 1.165) is 12.1 Å². The Morgan fingerprint density at radius 1 is 1.16 bits per heavy atom. The smallest absolute Gasteiger partial charge is 0.384 e. The molecular formula is C13H11F3N2O. The summed E-state index contributed by atoms with van der Waals surface area (Å²) in [6, 6.07) is 3.24. The molecule has 2 aromatic rings. The van der Waals surface area contributed by atoms with Crippen molar-refractivity contribution in [2.45, 2.75) is 19.2 Å². The Kier molecular flexibility index (Phi) is 3.53. The van der Waals surface area contributed by atoms with E-state index in [2.05, 4.69) is 9.97 Å². The molecule has 2 rings (SSSR count). The molecule has 1 unspecified atom stereocenters. The van der Waals surface area contributed by atoms with E-state index < -0.39 is 17.8 Å². The van der Waals surface area contributed by atoms with Gasteiger partial charge in [-0.2, -0.15) is 13.2 Å². The molecule has 100 valence electrons. The van der Waals surface area contributed by atoms with Gasteiger partial charge in [0.25, 0.3) is 0 Å². The molecule has 0 spiro atoms. The predicted molar refractivity (Wildman–Crippen MR) is 62.3 cm³/mol. The molecule has 0 fully saturated rings. The van der Waals surface area contributed by atoms with Crippen LogP contribution >= 0.6 is 0 Å². The van der Waals surface area contributed by atoms with Crippen LogP contribution in [0.5, 0.6) is 0 Å². The van der Waals surface area contributed by atoms with Gasteiger partial charge in [0.2, 0.25) is 0 Å². The molecule has 0 aliphatic carbocycles. The van der Waals surface area contributed by atoms with Gasteiger partial charge in [0, 0.05) is 18.0 Å². The lowest BCUT2D eigenvalue weighted by atomic mass is 9.97. The number of halogens is 3. The average molecular weight is 268 g/mol. The van der Waals surface area contributed by atoms with Crippen molar-refractivity contribution in [3.8, 4) is 0 Å². The Labute approximate surface area is 107 Å². The standard InChI is InChI=1S/C13H11F3N2O/c1-8-4-10(13(14,15)16)2-3-11(8)12(19)9-5-17-7-18-6-9/h2-7,12,19H,1H3. The molecule has 0 saturated heterocycles.